The third-order valence-corrected chi connectivity index (χ3v) is 6.06. The van der Waals surface area contributed by atoms with Crippen LogP contribution in [0.15, 0.2) is 65.8 Å². The highest BCUT2D eigenvalue weighted by molar-refractivity contribution is 7.97. The Morgan fingerprint density at radius 3 is 2.67 bits per heavy atom. The number of aromatic nitrogens is 1. The van der Waals surface area contributed by atoms with Gasteiger partial charge in [0.2, 0.25) is 0 Å². The molecule has 2 aromatic carbocycles. The van der Waals surface area contributed by atoms with E-state index in [2.05, 4.69) is 41.8 Å². The lowest BCUT2D eigenvalue weighted by atomic mass is 9.92. The Morgan fingerprint density at radius 1 is 1.07 bits per heavy atom. The van der Waals surface area contributed by atoms with E-state index in [0.717, 1.165) is 27.3 Å². The largest absolute Gasteiger partial charge is 0.494 e. The highest BCUT2D eigenvalue weighted by Crippen LogP contribution is 2.34. The molecule has 27 heavy (non-hydrogen) atoms. The second kappa shape index (κ2) is 8.53. The van der Waals surface area contributed by atoms with Crippen molar-refractivity contribution in [2.75, 3.05) is 7.11 Å². The van der Waals surface area contributed by atoms with Crippen LogP contribution in [-0.4, -0.2) is 12.1 Å². The number of pyridine rings is 1. The Hall–Kier alpha value is -1.72. The van der Waals surface area contributed by atoms with Gasteiger partial charge in [0.05, 0.1) is 18.3 Å². The first-order valence-corrected chi connectivity index (χ1v) is 9.96. The molecule has 0 unspecified atom stereocenters. The fourth-order valence-electron chi connectivity index (χ4n) is 2.65. The van der Waals surface area contributed by atoms with Crippen molar-refractivity contribution in [2.24, 2.45) is 0 Å². The summed E-state index contributed by atoms with van der Waals surface area (Å²) in [4.78, 5) is 5.02. The summed E-state index contributed by atoms with van der Waals surface area (Å²) in [7, 11) is 1.65. The highest BCUT2D eigenvalue weighted by Gasteiger charge is 2.22. The maximum Gasteiger partial charge on any atom is 0.144 e. The number of ether oxygens (including phenoxy) is 1. The van der Waals surface area contributed by atoms with Crippen LogP contribution in [0.4, 0.5) is 0 Å². The van der Waals surface area contributed by atoms with Gasteiger partial charge in [-0.1, -0.05) is 41.4 Å². The molecule has 1 heterocycles. The van der Waals surface area contributed by atoms with Crippen LogP contribution in [0, 0.1) is 0 Å². The molecule has 0 spiro atoms. The number of nitrogens with zero attached hydrogens (tertiary/aromatic N) is 1. The molecule has 1 aromatic heterocycles. The molecule has 0 fully saturated rings. The van der Waals surface area contributed by atoms with Crippen LogP contribution < -0.4 is 9.46 Å². The molecule has 0 amide bonds. The Balaban J connectivity index is 1.85. The number of halogens is 2. The predicted octanol–water partition coefficient (Wildman–Crippen LogP) is 6.60. The summed E-state index contributed by atoms with van der Waals surface area (Å²) < 4.78 is 8.94. The van der Waals surface area contributed by atoms with Crippen molar-refractivity contribution in [2.45, 2.75) is 24.3 Å². The van der Waals surface area contributed by atoms with Gasteiger partial charge < -0.3 is 4.74 Å². The van der Waals surface area contributed by atoms with Crippen molar-refractivity contribution in [3.63, 3.8) is 0 Å². The molecule has 1 N–H and O–H groups in total. The first-order chi connectivity index (χ1) is 12.9. The van der Waals surface area contributed by atoms with E-state index in [1.54, 1.807) is 31.6 Å². The van der Waals surface area contributed by atoms with Crippen molar-refractivity contribution >= 4 is 35.1 Å². The van der Waals surface area contributed by atoms with E-state index in [1.165, 1.54) is 11.9 Å². The van der Waals surface area contributed by atoms with Crippen LogP contribution in [0.1, 0.15) is 19.4 Å². The van der Waals surface area contributed by atoms with Crippen molar-refractivity contribution in [3.05, 3.63) is 76.5 Å². The molecule has 0 bridgehead atoms. The zero-order chi connectivity index (χ0) is 19.4. The smallest absolute Gasteiger partial charge is 0.144 e. The van der Waals surface area contributed by atoms with Gasteiger partial charge in [-0.2, -0.15) is 0 Å². The summed E-state index contributed by atoms with van der Waals surface area (Å²) in [6.45, 7) is 4.25. The first kappa shape index (κ1) is 20.0. The van der Waals surface area contributed by atoms with Gasteiger partial charge >= 0.3 is 0 Å². The first-order valence-electron chi connectivity index (χ1n) is 8.39. The second-order valence-corrected chi connectivity index (χ2v) is 8.25. The van der Waals surface area contributed by atoms with Crippen LogP contribution in [0.5, 0.6) is 5.75 Å². The average Bonchev–Trinajstić information content (AvgIpc) is 2.69. The number of benzene rings is 2. The Morgan fingerprint density at radius 2 is 1.89 bits per heavy atom. The molecule has 0 aliphatic heterocycles. The Bertz CT molecular complexity index is 947. The minimum absolute atomic E-state index is 0.299. The normalized spacial score (nSPS) is 11.4. The van der Waals surface area contributed by atoms with Crippen molar-refractivity contribution in [3.8, 4) is 16.9 Å². The summed E-state index contributed by atoms with van der Waals surface area (Å²) in [5.74, 6) is 0.750. The number of hydrogen-bond donors (Lipinski definition) is 1. The molecule has 0 aliphatic rings. The summed E-state index contributed by atoms with van der Waals surface area (Å²) >= 11 is 13.8. The lowest BCUT2D eigenvalue weighted by molar-refractivity contribution is 0.414. The van der Waals surface area contributed by atoms with Crippen LogP contribution in [0.3, 0.4) is 0 Å². The molecule has 0 saturated heterocycles. The van der Waals surface area contributed by atoms with E-state index in [4.69, 9.17) is 27.9 Å². The van der Waals surface area contributed by atoms with Crippen LogP contribution in [0.25, 0.3) is 11.1 Å². The molecule has 3 nitrogen and oxygen atoms in total. The zero-order valence-corrected chi connectivity index (χ0v) is 17.6. The Labute approximate surface area is 174 Å². The number of hydrogen-bond acceptors (Lipinski definition) is 4. The van der Waals surface area contributed by atoms with Gasteiger partial charge in [0.1, 0.15) is 5.75 Å². The summed E-state index contributed by atoms with van der Waals surface area (Å²) in [5.41, 5.74) is 2.93. The average molecular weight is 419 g/mol. The molecule has 0 radical (unpaired) electrons. The maximum atomic E-state index is 6.27. The van der Waals surface area contributed by atoms with Crippen molar-refractivity contribution in [1.29, 1.82) is 0 Å². The fourth-order valence-corrected chi connectivity index (χ4v) is 3.96. The molecule has 0 atom stereocenters. The van der Waals surface area contributed by atoms with Crippen LogP contribution in [-0.2, 0) is 5.54 Å². The van der Waals surface area contributed by atoms with Crippen molar-refractivity contribution in [1.82, 2.24) is 9.71 Å². The molecule has 0 saturated carbocycles. The number of methoxy groups -OCH3 is 1. The van der Waals surface area contributed by atoms with Gasteiger partial charge in [-0.3, -0.25) is 4.98 Å². The van der Waals surface area contributed by atoms with E-state index in [-0.39, 0.29) is 5.54 Å². The topological polar surface area (TPSA) is 34.1 Å². The molecular weight excluding hydrogens is 399 g/mol. The highest BCUT2D eigenvalue weighted by atomic mass is 35.5. The zero-order valence-electron chi connectivity index (χ0n) is 15.3. The third-order valence-electron chi connectivity index (χ3n) is 4.21. The van der Waals surface area contributed by atoms with Gasteiger partial charge in [-0.25, -0.2) is 4.72 Å². The second-order valence-electron chi connectivity index (χ2n) is 6.56. The lowest BCUT2D eigenvalue weighted by Crippen LogP contribution is -2.31. The standard InChI is InChI=1S/C21H20Cl2N2OS/c1-21(2,25-27-20-12-16(22)7-8-18(20)23)15-6-4-5-14(11-15)17-9-10-24-13-19(17)26-3/h4-13,25H,1-3H3. The molecule has 0 aliphatic carbocycles. The van der Waals surface area contributed by atoms with E-state index in [1.807, 2.05) is 18.2 Å². The van der Waals surface area contributed by atoms with Gasteiger partial charge in [0.25, 0.3) is 0 Å². The quantitative estimate of drug-likeness (QED) is 0.457. The molecule has 3 rings (SSSR count). The minimum atomic E-state index is -0.299. The number of nitrogens with one attached hydrogen (secondary N) is 1. The van der Waals surface area contributed by atoms with Gasteiger partial charge in [0, 0.05) is 27.2 Å². The summed E-state index contributed by atoms with van der Waals surface area (Å²) in [5, 5.41) is 1.33. The van der Waals surface area contributed by atoms with E-state index in [0.29, 0.717) is 10.0 Å². The molecule has 6 heteroatoms. The molecule has 3 aromatic rings. The lowest BCUT2D eigenvalue weighted by Gasteiger charge is -2.27. The van der Waals surface area contributed by atoms with E-state index < -0.39 is 0 Å². The molecular formula is C21H20Cl2N2OS. The van der Waals surface area contributed by atoms with Crippen LogP contribution in [0.2, 0.25) is 10.0 Å². The number of rotatable bonds is 6. The minimum Gasteiger partial charge on any atom is -0.494 e. The fraction of sp³-hybridized carbons (Fsp3) is 0.190. The third kappa shape index (κ3) is 4.77. The monoisotopic (exact) mass is 418 g/mol. The molecule has 140 valence electrons. The van der Waals surface area contributed by atoms with Crippen molar-refractivity contribution < 1.29 is 4.74 Å². The van der Waals surface area contributed by atoms with Gasteiger partial charge in [-0.05, 0) is 67.3 Å². The maximum absolute atomic E-state index is 6.27. The SMILES string of the molecule is COc1cnccc1-c1cccc(C(C)(C)NSc2cc(Cl)ccc2Cl)c1. The predicted molar refractivity (Wildman–Crippen MR) is 115 cm³/mol. The van der Waals surface area contributed by atoms with E-state index in [9.17, 15) is 0 Å². The van der Waals surface area contributed by atoms with Gasteiger partial charge in [0.15, 0.2) is 0 Å². The van der Waals surface area contributed by atoms with Crippen LogP contribution >= 0.6 is 35.1 Å². The van der Waals surface area contributed by atoms with Gasteiger partial charge in [-0.15, -0.1) is 0 Å². The summed E-state index contributed by atoms with van der Waals surface area (Å²) in [6, 6.07) is 15.8. The summed E-state index contributed by atoms with van der Waals surface area (Å²) in [6.07, 6.45) is 3.49. The van der Waals surface area contributed by atoms with E-state index >= 15 is 0 Å². The Kier molecular flexibility index (Phi) is 6.33.